The highest BCUT2D eigenvalue weighted by molar-refractivity contribution is 7.93. The molecule has 7 nitrogen and oxygen atoms in total. The lowest BCUT2D eigenvalue weighted by molar-refractivity contribution is 0.0951. The van der Waals surface area contributed by atoms with Crippen molar-refractivity contribution in [2.75, 3.05) is 4.72 Å². The molecule has 3 aromatic rings. The van der Waals surface area contributed by atoms with E-state index in [1.807, 2.05) is 32.9 Å². The van der Waals surface area contributed by atoms with Gasteiger partial charge in [-0.1, -0.05) is 55.0 Å². The number of amides is 1. The summed E-state index contributed by atoms with van der Waals surface area (Å²) >= 11 is 1.22. The average molecular weight is 435 g/mol. The highest BCUT2D eigenvalue weighted by atomic mass is 32.2. The second kappa shape index (κ2) is 8.71. The van der Waals surface area contributed by atoms with E-state index in [4.69, 9.17) is 0 Å². The van der Waals surface area contributed by atoms with Gasteiger partial charge in [-0.05, 0) is 36.8 Å². The van der Waals surface area contributed by atoms with E-state index < -0.39 is 10.0 Å². The summed E-state index contributed by atoms with van der Waals surface area (Å²) in [7, 11) is -3.75. The Morgan fingerprint density at radius 1 is 1.07 bits per heavy atom. The minimum Gasteiger partial charge on any atom is -0.348 e. The van der Waals surface area contributed by atoms with Crippen molar-refractivity contribution in [2.45, 2.75) is 38.1 Å². The fourth-order valence-electron chi connectivity index (χ4n) is 2.46. The van der Waals surface area contributed by atoms with Gasteiger partial charge in [0.2, 0.25) is 5.13 Å². The van der Waals surface area contributed by atoms with E-state index in [1.54, 1.807) is 24.3 Å². The number of nitrogens with zero attached hydrogens (tertiary/aromatic N) is 2. The molecule has 1 amide bonds. The predicted octanol–water partition coefficient (Wildman–Crippen LogP) is 4.19. The third-order valence-electron chi connectivity index (χ3n) is 4.16. The molecule has 29 heavy (non-hydrogen) atoms. The average Bonchev–Trinajstić information content (AvgIpc) is 3.15. The maximum atomic E-state index is 12.5. The highest BCUT2D eigenvalue weighted by Crippen LogP contribution is 2.24. The lowest BCUT2D eigenvalue weighted by atomic mass is 10.1. The summed E-state index contributed by atoms with van der Waals surface area (Å²) in [4.78, 5) is 12.3. The van der Waals surface area contributed by atoms with Crippen LogP contribution in [0.25, 0.3) is 0 Å². The van der Waals surface area contributed by atoms with Crippen LogP contribution >= 0.6 is 11.3 Å². The molecule has 156 valence electrons. The molecule has 0 saturated heterocycles. The molecule has 0 aliphatic carbocycles. The van der Waals surface area contributed by atoms with Gasteiger partial charge in [-0.2, -0.15) is 0 Å². The molecular weight excluding hydrogens is 408 g/mol. The normalized spacial score (nSPS) is 11.4. The zero-order chi connectivity index (χ0) is 21.0. The summed E-state index contributed by atoms with van der Waals surface area (Å²) in [5.41, 5.74) is 2.46. The van der Waals surface area contributed by atoms with Gasteiger partial charge in [0, 0.05) is 20.9 Å². The van der Waals surface area contributed by atoms with Gasteiger partial charge in [0.1, 0.15) is 5.01 Å². The largest absolute Gasteiger partial charge is 0.348 e. The Morgan fingerprint density at radius 2 is 1.72 bits per heavy atom. The maximum Gasteiger partial charge on any atom is 0.263 e. The van der Waals surface area contributed by atoms with Gasteiger partial charge < -0.3 is 5.32 Å². The first-order chi connectivity index (χ1) is 13.7. The molecule has 0 fully saturated rings. The van der Waals surface area contributed by atoms with Crippen LogP contribution in [0.2, 0.25) is 0 Å². The van der Waals surface area contributed by atoms with Gasteiger partial charge in [0.05, 0.1) is 4.90 Å². The lowest BCUT2D eigenvalue weighted by Gasteiger charge is -2.08. The molecule has 0 spiro atoms. The second-order valence-corrected chi connectivity index (χ2v) is 9.59. The Balaban J connectivity index is 0.00000240. The number of anilines is 1. The summed E-state index contributed by atoms with van der Waals surface area (Å²) in [6, 6.07) is 13.6. The molecule has 0 aliphatic rings. The van der Waals surface area contributed by atoms with Crippen molar-refractivity contribution >= 4 is 32.4 Å². The SMILES string of the molecule is Cc1ccc(C(=O)NCc2ccc(S(=O)(=O)Nc3nnc(C(C)C)s3)cc2)cc1.[HH].[HH]. The van der Waals surface area contributed by atoms with Crippen LogP contribution in [0, 0.1) is 6.92 Å². The summed E-state index contributed by atoms with van der Waals surface area (Å²) in [6.45, 7) is 6.19. The van der Waals surface area contributed by atoms with E-state index >= 15 is 0 Å². The van der Waals surface area contributed by atoms with Gasteiger partial charge in [-0.15, -0.1) is 10.2 Å². The van der Waals surface area contributed by atoms with E-state index in [0.29, 0.717) is 12.1 Å². The fraction of sp³-hybridized carbons (Fsp3) is 0.250. The number of rotatable bonds is 7. The predicted molar refractivity (Wildman–Crippen MR) is 118 cm³/mol. The van der Waals surface area contributed by atoms with Gasteiger partial charge in [0.25, 0.3) is 15.9 Å². The van der Waals surface area contributed by atoms with Crippen LogP contribution in [0.1, 0.15) is 49.1 Å². The Bertz CT molecular complexity index is 1100. The number of hydrogen-bond acceptors (Lipinski definition) is 6. The van der Waals surface area contributed by atoms with Crippen molar-refractivity contribution in [1.29, 1.82) is 0 Å². The van der Waals surface area contributed by atoms with E-state index in [-0.39, 0.29) is 24.7 Å². The Labute approximate surface area is 177 Å². The zero-order valence-corrected chi connectivity index (χ0v) is 18.0. The van der Waals surface area contributed by atoms with Crippen molar-refractivity contribution in [3.63, 3.8) is 0 Å². The number of carbonyl (C=O) groups excluding carboxylic acids is 1. The molecule has 2 aromatic carbocycles. The first kappa shape index (κ1) is 20.9. The van der Waals surface area contributed by atoms with E-state index in [1.165, 1.54) is 23.5 Å². The quantitative estimate of drug-likeness (QED) is 0.580. The monoisotopic (exact) mass is 434 g/mol. The standard InChI is InChI=1S/C20H22N4O3S2.2H2/c1-13(2)19-22-23-20(28-19)24-29(26,27)17-10-6-15(7-11-17)12-21-18(25)16-8-4-14(3)5-9-16;;/h4-11,13H,12H2,1-3H3,(H,21,25)(H,23,24);2*1H. The molecule has 0 saturated carbocycles. The third kappa shape index (κ3) is 5.39. The van der Waals surface area contributed by atoms with Gasteiger partial charge >= 0.3 is 0 Å². The Kier molecular flexibility index (Phi) is 6.29. The number of nitrogens with one attached hydrogen (secondary N) is 2. The molecular formula is C20H26N4O3S2. The van der Waals surface area contributed by atoms with Crippen LogP contribution in [-0.2, 0) is 16.6 Å². The number of hydrogen-bond donors (Lipinski definition) is 2. The van der Waals surface area contributed by atoms with Crippen molar-refractivity contribution in [3.8, 4) is 0 Å². The summed E-state index contributed by atoms with van der Waals surface area (Å²) in [5, 5.41) is 11.7. The lowest BCUT2D eigenvalue weighted by Crippen LogP contribution is -2.22. The molecule has 0 unspecified atom stereocenters. The number of aryl methyl sites for hydroxylation is 1. The van der Waals surface area contributed by atoms with Gasteiger partial charge in [-0.3, -0.25) is 9.52 Å². The summed E-state index contributed by atoms with van der Waals surface area (Å²) in [5.74, 6) is 0.000693. The zero-order valence-electron chi connectivity index (χ0n) is 16.3. The van der Waals surface area contributed by atoms with Crippen LogP contribution < -0.4 is 10.0 Å². The van der Waals surface area contributed by atoms with Gasteiger partial charge in [0.15, 0.2) is 0 Å². The second-order valence-electron chi connectivity index (χ2n) is 6.90. The molecule has 0 aliphatic heterocycles. The number of carbonyl (C=O) groups is 1. The fourth-order valence-corrected chi connectivity index (χ4v) is 4.43. The molecule has 1 aromatic heterocycles. The smallest absolute Gasteiger partial charge is 0.263 e. The van der Waals surface area contributed by atoms with Crippen LogP contribution in [0.5, 0.6) is 0 Å². The van der Waals surface area contributed by atoms with Gasteiger partial charge in [-0.25, -0.2) is 8.42 Å². The third-order valence-corrected chi connectivity index (χ3v) is 6.78. The molecule has 0 atom stereocenters. The van der Waals surface area contributed by atoms with Crippen molar-refractivity contribution in [1.82, 2.24) is 15.5 Å². The molecule has 0 radical (unpaired) electrons. The highest BCUT2D eigenvalue weighted by Gasteiger charge is 2.17. The first-order valence-electron chi connectivity index (χ1n) is 9.04. The van der Waals surface area contributed by atoms with E-state index in [0.717, 1.165) is 16.1 Å². The van der Waals surface area contributed by atoms with Crippen LogP contribution in [0.15, 0.2) is 53.4 Å². The molecule has 1 heterocycles. The first-order valence-corrected chi connectivity index (χ1v) is 11.3. The Morgan fingerprint density at radius 3 is 2.31 bits per heavy atom. The van der Waals surface area contributed by atoms with E-state index in [2.05, 4.69) is 20.2 Å². The summed E-state index contributed by atoms with van der Waals surface area (Å²) in [6.07, 6.45) is 0. The minimum absolute atomic E-state index is 0. The Hall–Kier alpha value is -2.78. The molecule has 0 bridgehead atoms. The minimum atomic E-state index is -3.75. The number of aromatic nitrogens is 2. The van der Waals surface area contributed by atoms with E-state index in [9.17, 15) is 13.2 Å². The summed E-state index contributed by atoms with van der Waals surface area (Å²) < 4.78 is 27.5. The molecule has 3 rings (SSSR count). The van der Waals surface area contributed by atoms with Crippen LogP contribution in [0.4, 0.5) is 5.13 Å². The topological polar surface area (TPSA) is 101 Å². The molecule has 9 heteroatoms. The number of benzene rings is 2. The van der Waals surface area contributed by atoms with Crippen LogP contribution in [-0.4, -0.2) is 24.5 Å². The molecule has 2 N–H and O–H groups in total. The maximum absolute atomic E-state index is 12.5. The van der Waals surface area contributed by atoms with Crippen molar-refractivity contribution < 1.29 is 16.1 Å². The number of sulfonamides is 1. The van der Waals surface area contributed by atoms with Crippen molar-refractivity contribution in [2.24, 2.45) is 0 Å². The van der Waals surface area contributed by atoms with Crippen LogP contribution in [0.3, 0.4) is 0 Å². The van der Waals surface area contributed by atoms with Crippen molar-refractivity contribution in [3.05, 3.63) is 70.2 Å².